The highest BCUT2D eigenvalue weighted by atomic mass is 35.5. The van der Waals surface area contributed by atoms with E-state index in [4.69, 9.17) is 9.47 Å². The lowest BCUT2D eigenvalue weighted by Crippen LogP contribution is -3.00. The lowest BCUT2D eigenvalue weighted by molar-refractivity contribution is -0.00112. The van der Waals surface area contributed by atoms with Gasteiger partial charge in [-0.05, 0) is 51.9 Å². The van der Waals surface area contributed by atoms with Crippen molar-refractivity contribution in [1.29, 1.82) is 0 Å². The average molecular weight is 640 g/mol. The molecule has 8 nitrogen and oxygen atoms in total. The van der Waals surface area contributed by atoms with E-state index in [0.29, 0.717) is 35.3 Å². The molecule has 4 aliphatic heterocycles. The van der Waals surface area contributed by atoms with Crippen LogP contribution in [0.15, 0.2) is 60.9 Å². The number of para-hydroxylation sites is 2. The molecule has 0 spiro atoms. The molecule has 6 heterocycles. The van der Waals surface area contributed by atoms with E-state index in [1.165, 1.54) is 25.7 Å². The summed E-state index contributed by atoms with van der Waals surface area (Å²) in [4.78, 5) is 36.1. The molecule has 6 atom stereocenters. The summed E-state index contributed by atoms with van der Waals surface area (Å²) in [6.07, 6.45) is 12.5. The van der Waals surface area contributed by atoms with Crippen molar-refractivity contribution in [2.24, 2.45) is 0 Å². The van der Waals surface area contributed by atoms with Gasteiger partial charge in [0.25, 0.3) is 0 Å². The number of fused-ring (bicyclic) bond motifs is 6. The molecule has 2 aromatic carbocycles. The van der Waals surface area contributed by atoms with Gasteiger partial charge in [0.15, 0.2) is 0 Å². The zero-order chi connectivity index (χ0) is 28.8. The maximum absolute atomic E-state index is 12.4. The Balaban J connectivity index is 0.000000167. The summed E-state index contributed by atoms with van der Waals surface area (Å²) in [5, 5.41) is 1.89. The molecule has 4 aliphatic rings. The number of halogens is 2. The predicted octanol–water partition coefficient (Wildman–Crippen LogP) is -0.0922. The van der Waals surface area contributed by atoms with Crippen LogP contribution in [0.4, 0.5) is 0 Å². The standard InChI is InChI=1S/2C17H20N2O2.2ClH/c2*1-19-11-6-7-12(19)9-13(8-11)21-17(20)15-10-18-16-5-3-2-4-14(15)16;;/h2*2-5,10-13,18H,6-9H2,1H3;2*1H/p-2/t2*11-,12+,13?;;. The van der Waals surface area contributed by atoms with E-state index in [0.717, 1.165) is 47.5 Å². The van der Waals surface area contributed by atoms with Crippen LogP contribution < -0.4 is 24.8 Å². The molecule has 4 saturated heterocycles. The highest BCUT2D eigenvalue weighted by Gasteiger charge is 2.41. The van der Waals surface area contributed by atoms with Gasteiger partial charge in [0.2, 0.25) is 0 Å². The summed E-state index contributed by atoms with van der Waals surface area (Å²) in [5.74, 6) is -0.386. The minimum Gasteiger partial charge on any atom is -1.00 e. The van der Waals surface area contributed by atoms with Crippen LogP contribution in [-0.4, -0.2) is 82.2 Å². The molecule has 4 fully saturated rings. The number of hydrogen-bond acceptors (Lipinski definition) is 6. The maximum Gasteiger partial charge on any atom is 0.340 e. The van der Waals surface area contributed by atoms with E-state index in [1.807, 2.05) is 48.5 Å². The highest BCUT2D eigenvalue weighted by Crippen LogP contribution is 2.37. The van der Waals surface area contributed by atoms with Crippen LogP contribution in [0.5, 0.6) is 0 Å². The Kier molecular flexibility index (Phi) is 9.95. The third-order valence-electron chi connectivity index (χ3n) is 10.3. The van der Waals surface area contributed by atoms with E-state index < -0.39 is 0 Å². The molecule has 0 amide bonds. The number of carbonyl (C=O) groups excluding carboxylic acids is 2. The van der Waals surface area contributed by atoms with Crippen molar-refractivity contribution in [2.45, 2.75) is 87.7 Å². The van der Waals surface area contributed by atoms with Gasteiger partial charge in [-0.2, -0.15) is 0 Å². The number of benzene rings is 2. The Labute approximate surface area is 270 Å². The Hall–Kier alpha value is -3.04. The minimum absolute atomic E-state index is 0. The number of hydrogen-bond donors (Lipinski definition) is 2. The first-order valence-electron chi connectivity index (χ1n) is 15.4. The number of nitrogens with one attached hydrogen (secondary N) is 2. The van der Waals surface area contributed by atoms with Gasteiger partial charge in [-0.1, -0.05) is 36.4 Å². The van der Waals surface area contributed by atoms with Gasteiger partial charge in [-0.25, -0.2) is 9.59 Å². The number of ether oxygens (including phenoxy) is 2. The van der Waals surface area contributed by atoms with Crippen molar-refractivity contribution in [3.8, 4) is 0 Å². The number of piperidine rings is 2. The molecule has 4 aromatic rings. The monoisotopic (exact) mass is 638 g/mol. The summed E-state index contributed by atoms with van der Waals surface area (Å²) in [5.41, 5.74) is 3.26. The Morgan fingerprint density at radius 1 is 0.614 bits per heavy atom. The third-order valence-corrected chi connectivity index (χ3v) is 10.3. The molecule has 0 radical (unpaired) electrons. The zero-order valence-electron chi connectivity index (χ0n) is 25.2. The molecule has 0 aliphatic carbocycles. The molecule has 44 heavy (non-hydrogen) atoms. The second-order valence-electron chi connectivity index (χ2n) is 12.6. The van der Waals surface area contributed by atoms with Crippen LogP contribution in [0.3, 0.4) is 0 Å². The topological polar surface area (TPSA) is 90.7 Å². The maximum atomic E-state index is 12.4. The molecule has 8 rings (SSSR count). The highest BCUT2D eigenvalue weighted by molar-refractivity contribution is 6.04. The van der Waals surface area contributed by atoms with Crippen molar-refractivity contribution in [2.75, 3.05) is 14.1 Å². The quantitative estimate of drug-likeness (QED) is 0.304. The van der Waals surface area contributed by atoms with Gasteiger partial charge in [-0.3, -0.25) is 0 Å². The number of H-pyrrole nitrogens is 2. The Morgan fingerprint density at radius 2 is 0.955 bits per heavy atom. The van der Waals surface area contributed by atoms with Crippen LogP contribution in [0.25, 0.3) is 21.8 Å². The van der Waals surface area contributed by atoms with Crippen LogP contribution >= 0.6 is 0 Å². The lowest BCUT2D eigenvalue weighted by Gasteiger charge is -2.35. The van der Waals surface area contributed by atoms with Gasteiger partial charge < -0.3 is 54.1 Å². The molecule has 4 bridgehead atoms. The number of esters is 2. The molecular formula is C34H40Cl2N4O4-2. The van der Waals surface area contributed by atoms with Gasteiger partial charge in [0.05, 0.1) is 11.1 Å². The van der Waals surface area contributed by atoms with Crippen molar-refractivity contribution in [1.82, 2.24) is 19.8 Å². The minimum atomic E-state index is -0.193. The van der Waals surface area contributed by atoms with E-state index in [2.05, 4.69) is 33.9 Å². The van der Waals surface area contributed by atoms with E-state index in [-0.39, 0.29) is 49.0 Å². The molecule has 2 aromatic heterocycles. The Bertz CT molecular complexity index is 1460. The fourth-order valence-corrected chi connectivity index (χ4v) is 7.83. The van der Waals surface area contributed by atoms with Crippen molar-refractivity contribution >= 4 is 33.7 Å². The molecule has 0 saturated carbocycles. The summed E-state index contributed by atoms with van der Waals surface area (Å²) in [7, 11) is 4.39. The van der Waals surface area contributed by atoms with E-state index in [1.54, 1.807) is 12.4 Å². The average Bonchev–Trinajstić information content (AvgIpc) is 3.71. The third kappa shape index (κ3) is 6.23. The number of rotatable bonds is 4. The van der Waals surface area contributed by atoms with Crippen LogP contribution in [0.1, 0.15) is 72.1 Å². The normalized spacial score (nSPS) is 27.6. The number of carbonyl (C=O) groups is 2. The summed E-state index contributed by atoms with van der Waals surface area (Å²) in [6, 6.07) is 18.0. The first-order chi connectivity index (χ1) is 20.4. The lowest BCUT2D eigenvalue weighted by atomic mass is 10.0. The van der Waals surface area contributed by atoms with Crippen LogP contribution in [0, 0.1) is 0 Å². The molecular weight excluding hydrogens is 599 g/mol. The summed E-state index contributed by atoms with van der Waals surface area (Å²) < 4.78 is 11.6. The Morgan fingerprint density at radius 3 is 1.32 bits per heavy atom. The van der Waals surface area contributed by atoms with Crippen molar-refractivity contribution in [3.63, 3.8) is 0 Å². The molecule has 236 valence electrons. The fraction of sp³-hybridized carbons (Fsp3) is 0.471. The van der Waals surface area contributed by atoms with Gasteiger partial charge in [0, 0.05) is 84.1 Å². The summed E-state index contributed by atoms with van der Waals surface area (Å²) >= 11 is 0. The largest absolute Gasteiger partial charge is 1.00 e. The number of aromatic amines is 2. The van der Waals surface area contributed by atoms with Crippen molar-refractivity contribution < 1.29 is 43.9 Å². The van der Waals surface area contributed by atoms with Crippen molar-refractivity contribution in [3.05, 3.63) is 72.1 Å². The fourth-order valence-electron chi connectivity index (χ4n) is 7.83. The van der Waals surface area contributed by atoms with Gasteiger partial charge in [0.1, 0.15) is 12.2 Å². The molecule has 2 N–H and O–H groups in total. The molecule has 10 heteroatoms. The van der Waals surface area contributed by atoms with Gasteiger partial charge in [-0.15, -0.1) is 0 Å². The van der Waals surface area contributed by atoms with Crippen LogP contribution in [0.2, 0.25) is 0 Å². The number of aromatic nitrogens is 2. The second-order valence-corrected chi connectivity index (χ2v) is 12.6. The van der Waals surface area contributed by atoms with Crippen LogP contribution in [-0.2, 0) is 9.47 Å². The van der Waals surface area contributed by atoms with E-state index >= 15 is 0 Å². The summed E-state index contributed by atoms with van der Waals surface area (Å²) in [6.45, 7) is 0. The SMILES string of the molecule is CN1[C@@H]2CC[C@H]1CC(OC(=O)c1c[nH]c3ccccc13)C2.CN1[C@@H]2CC[C@H]1CC(OC(=O)c1c[nH]c3ccccc13)C2.[Cl-].[Cl-]. The number of nitrogens with zero attached hydrogens (tertiary/aromatic N) is 2. The first kappa shape index (κ1) is 32.4. The molecule has 2 unspecified atom stereocenters. The second kappa shape index (κ2) is 13.5. The smallest absolute Gasteiger partial charge is 0.340 e. The van der Waals surface area contributed by atoms with Gasteiger partial charge >= 0.3 is 11.9 Å². The van der Waals surface area contributed by atoms with E-state index in [9.17, 15) is 9.59 Å². The first-order valence-corrected chi connectivity index (χ1v) is 15.4. The predicted molar refractivity (Wildman–Crippen MR) is 163 cm³/mol. The zero-order valence-corrected chi connectivity index (χ0v) is 26.7.